The van der Waals surface area contributed by atoms with Crippen molar-refractivity contribution in [2.24, 2.45) is 5.92 Å². The van der Waals surface area contributed by atoms with Crippen LogP contribution in [0.3, 0.4) is 0 Å². The number of allylic oxidation sites excluding steroid dienone is 2. The quantitative estimate of drug-likeness (QED) is 0.545. The molecule has 1 fully saturated rings. The lowest BCUT2D eigenvalue weighted by Gasteiger charge is -1.91. The molecular formula is C9H14O. The molecule has 0 radical (unpaired) electrons. The predicted molar refractivity (Wildman–Crippen MR) is 41.8 cm³/mol. The van der Waals surface area contributed by atoms with E-state index >= 15 is 0 Å². The van der Waals surface area contributed by atoms with Crippen molar-refractivity contribution in [3.8, 4) is 0 Å². The largest absolute Gasteiger partial charge is 0.295 e. The standard InChI is InChI=1S/C9H14O/c1-2-3-9(10)7-6-8-4-5-8/h2-3,8H,4-7H2,1H3/b3-2+. The van der Waals surface area contributed by atoms with E-state index in [0.717, 1.165) is 18.8 Å². The zero-order valence-corrected chi connectivity index (χ0v) is 6.47. The number of hydrogen-bond acceptors (Lipinski definition) is 1. The first-order valence-corrected chi connectivity index (χ1v) is 3.98. The first-order valence-electron chi connectivity index (χ1n) is 3.98. The van der Waals surface area contributed by atoms with Crippen LogP contribution in [-0.2, 0) is 4.79 Å². The van der Waals surface area contributed by atoms with Crippen molar-refractivity contribution in [1.29, 1.82) is 0 Å². The Morgan fingerprint density at radius 1 is 1.60 bits per heavy atom. The minimum atomic E-state index is 0.286. The molecule has 1 aliphatic rings. The Morgan fingerprint density at radius 2 is 2.30 bits per heavy atom. The van der Waals surface area contributed by atoms with Crippen LogP contribution in [0.4, 0.5) is 0 Å². The highest BCUT2D eigenvalue weighted by Gasteiger charge is 2.20. The molecule has 1 aliphatic carbocycles. The minimum Gasteiger partial charge on any atom is -0.295 e. The molecule has 1 saturated carbocycles. The summed E-state index contributed by atoms with van der Waals surface area (Å²) in [6.45, 7) is 1.88. The lowest BCUT2D eigenvalue weighted by Crippen LogP contribution is -1.92. The minimum absolute atomic E-state index is 0.286. The van der Waals surface area contributed by atoms with Crippen LogP contribution in [0.25, 0.3) is 0 Å². The van der Waals surface area contributed by atoms with E-state index in [1.54, 1.807) is 6.08 Å². The molecule has 0 unspecified atom stereocenters. The van der Waals surface area contributed by atoms with Crippen molar-refractivity contribution in [3.63, 3.8) is 0 Å². The zero-order valence-electron chi connectivity index (χ0n) is 6.47. The van der Waals surface area contributed by atoms with E-state index in [1.807, 2.05) is 13.0 Å². The average Bonchev–Trinajstić information content (AvgIpc) is 2.67. The van der Waals surface area contributed by atoms with Gasteiger partial charge in [0.05, 0.1) is 0 Å². The number of ketones is 1. The van der Waals surface area contributed by atoms with Crippen molar-refractivity contribution in [2.45, 2.75) is 32.6 Å². The summed E-state index contributed by atoms with van der Waals surface area (Å²) < 4.78 is 0. The highest BCUT2D eigenvalue weighted by atomic mass is 16.1. The van der Waals surface area contributed by atoms with Crippen LogP contribution in [0.5, 0.6) is 0 Å². The topological polar surface area (TPSA) is 17.1 Å². The third kappa shape index (κ3) is 2.81. The van der Waals surface area contributed by atoms with Crippen molar-refractivity contribution in [3.05, 3.63) is 12.2 Å². The van der Waals surface area contributed by atoms with Gasteiger partial charge < -0.3 is 0 Å². The number of rotatable bonds is 4. The molecule has 0 bridgehead atoms. The van der Waals surface area contributed by atoms with Crippen molar-refractivity contribution >= 4 is 5.78 Å². The van der Waals surface area contributed by atoms with Gasteiger partial charge in [-0.15, -0.1) is 0 Å². The molecule has 0 spiro atoms. The van der Waals surface area contributed by atoms with E-state index in [4.69, 9.17) is 0 Å². The van der Waals surface area contributed by atoms with Gasteiger partial charge >= 0.3 is 0 Å². The van der Waals surface area contributed by atoms with Crippen LogP contribution >= 0.6 is 0 Å². The fourth-order valence-electron chi connectivity index (χ4n) is 1.02. The zero-order chi connectivity index (χ0) is 7.40. The molecule has 1 rings (SSSR count). The second kappa shape index (κ2) is 3.55. The van der Waals surface area contributed by atoms with Gasteiger partial charge in [0.1, 0.15) is 0 Å². The van der Waals surface area contributed by atoms with E-state index in [2.05, 4.69) is 0 Å². The maximum Gasteiger partial charge on any atom is 0.155 e. The van der Waals surface area contributed by atoms with E-state index < -0.39 is 0 Å². The molecule has 0 heterocycles. The summed E-state index contributed by atoms with van der Waals surface area (Å²) in [6, 6.07) is 0. The number of carbonyl (C=O) groups is 1. The van der Waals surface area contributed by atoms with Gasteiger partial charge in [0.2, 0.25) is 0 Å². The van der Waals surface area contributed by atoms with Gasteiger partial charge in [-0.2, -0.15) is 0 Å². The smallest absolute Gasteiger partial charge is 0.155 e. The van der Waals surface area contributed by atoms with Crippen molar-refractivity contribution in [1.82, 2.24) is 0 Å². The molecular weight excluding hydrogens is 124 g/mol. The fourth-order valence-corrected chi connectivity index (χ4v) is 1.02. The Bertz CT molecular complexity index is 143. The lowest BCUT2D eigenvalue weighted by molar-refractivity contribution is -0.114. The lowest BCUT2D eigenvalue weighted by atomic mass is 10.1. The molecule has 0 aromatic heterocycles. The van der Waals surface area contributed by atoms with Gasteiger partial charge in [-0.05, 0) is 25.3 Å². The molecule has 0 amide bonds. The number of carbonyl (C=O) groups excluding carboxylic acids is 1. The normalized spacial score (nSPS) is 18.1. The molecule has 0 atom stereocenters. The molecule has 0 aromatic carbocycles. The molecule has 10 heavy (non-hydrogen) atoms. The first kappa shape index (κ1) is 7.52. The van der Waals surface area contributed by atoms with Crippen LogP contribution < -0.4 is 0 Å². The summed E-state index contributed by atoms with van der Waals surface area (Å²) in [7, 11) is 0. The van der Waals surface area contributed by atoms with Crippen LogP contribution in [-0.4, -0.2) is 5.78 Å². The summed E-state index contributed by atoms with van der Waals surface area (Å²) in [6.07, 6.45) is 8.06. The summed E-state index contributed by atoms with van der Waals surface area (Å²) in [4.78, 5) is 10.9. The van der Waals surface area contributed by atoms with Gasteiger partial charge in [0.15, 0.2) is 5.78 Å². The molecule has 0 aromatic rings. The maximum absolute atomic E-state index is 10.9. The second-order valence-electron chi connectivity index (χ2n) is 2.95. The Balaban J connectivity index is 2.05. The van der Waals surface area contributed by atoms with Crippen LogP contribution in [0.15, 0.2) is 12.2 Å². The second-order valence-corrected chi connectivity index (χ2v) is 2.95. The van der Waals surface area contributed by atoms with Crippen molar-refractivity contribution in [2.75, 3.05) is 0 Å². The Kier molecular flexibility index (Phi) is 2.67. The van der Waals surface area contributed by atoms with Gasteiger partial charge in [-0.1, -0.05) is 18.9 Å². The average molecular weight is 138 g/mol. The van der Waals surface area contributed by atoms with Gasteiger partial charge in [-0.25, -0.2) is 0 Å². The highest BCUT2D eigenvalue weighted by molar-refractivity contribution is 5.89. The van der Waals surface area contributed by atoms with Crippen LogP contribution in [0, 0.1) is 5.92 Å². The predicted octanol–water partition coefficient (Wildman–Crippen LogP) is 2.32. The van der Waals surface area contributed by atoms with E-state index in [1.165, 1.54) is 12.8 Å². The highest BCUT2D eigenvalue weighted by Crippen LogP contribution is 2.33. The van der Waals surface area contributed by atoms with E-state index in [9.17, 15) is 4.79 Å². The Hall–Kier alpha value is -0.590. The molecule has 1 nitrogen and oxygen atoms in total. The SMILES string of the molecule is C/C=C/C(=O)CCC1CC1. The molecule has 0 N–H and O–H groups in total. The molecule has 0 aliphatic heterocycles. The summed E-state index contributed by atoms with van der Waals surface area (Å²) >= 11 is 0. The van der Waals surface area contributed by atoms with Crippen LogP contribution in [0.2, 0.25) is 0 Å². The maximum atomic E-state index is 10.9. The first-order chi connectivity index (χ1) is 4.83. The molecule has 1 heteroatoms. The monoisotopic (exact) mass is 138 g/mol. The third-order valence-electron chi connectivity index (χ3n) is 1.85. The van der Waals surface area contributed by atoms with Crippen LogP contribution in [0.1, 0.15) is 32.6 Å². The molecule has 0 saturated heterocycles. The van der Waals surface area contributed by atoms with E-state index in [0.29, 0.717) is 0 Å². The number of hydrogen-bond donors (Lipinski definition) is 0. The fraction of sp³-hybridized carbons (Fsp3) is 0.667. The third-order valence-corrected chi connectivity index (χ3v) is 1.85. The van der Waals surface area contributed by atoms with E-state index in [-0.39, 0.29) is 5.78 Å². The summed E-state index contributed by atoms with van der Waals surface area (Å²) in [5.41, 5.74) is 0. The summed E-state index contributed by atoms with van der Waals surface area (Å²) in [5.74, 6) is 1.17. The summed E-state index contributed by atoms with van der Waals surface area (Å²) in [5, 5.41) is 0. The van der Waals surface area contributed by atoms with Gasteiger partial charge in [0, 0.05) is 6.42 Å². The van der Waals surface area contributed by atoms with Gasteiger partial charge in [-0.3, -0.25) is 4.79 Å². The van der Waals surface area contributed by atoms with Gasteiger partial charge in [0.25, 0.3) is 0 Å². The Morgan fingerprint density at radius 3 is 2.80 bits per heavy atom. The Labute approximate surface area is 62.1 Å². The molecule has 56 valence electrons. The van der Waals surface area contributed by atoms with Crippen molar-refractivity contribution < 1.29 is 4.79 Å².